The third-order valence-corrected chi connectivity index (χ3v) is 4.74. The van der Waals surface area contributed by atoms with Crippen molar-refractivity contribution in [2.45, 2.75) is 6.42 Å². The number of carbonyl (C=O) groups is 1. The molecular formula is C15H19ClN4O2S. The van der Waals surface area contributed by atoms with Crippen LogP contribution in [0, 0.1) is 0 Å². The lowest BCUT2D eigenvalue weighted by atomic mass is 10.3. The van der Waals surface area contributed by atoms with Crippen molar-refractivity contribution in [3.63, 3.8) is 0 Å². The van der Waals surface area contributed by atoms with Crippen LogP contribution in [0.5, 0.6) is 0 Å². The summed E-state index contributed by atoms with van der Waals surface area (Å²) in [7, 11) is 0. The second kappa shape index (κ2) is 7.92. The fraction of sp³-hybridized carbons (Fsp3) is 0.467. The van der Waals surface area contributed by atoms with Gasteiger partial charge in [0, 0.05) is 37.3 Å². The molecule has 1 aliphatic rings. The third kappa shape index (κ3) is 4.32. The summed E-state index contributed by atoms with van der Waals surface area (Å²) in [5.41, 5.74) is 0.728. The Morgan fingerprint density at radius 3 is 3.13 bits per heavy atom. The quantitative estimate of drug-likeness (QED) is 0.636. The van der Waals surface area contributed by atoms with E-state index in [0.717, 1.165) is 49.9 Å². The van der Waals surface area contributed by atoms with Crippen molar-refractivity contribution in [3.05, 3.63) is 28.5 Å². The highest BCUT2D eigenvalue weighted by Gasteiger charge is 2.10. The van der Waals surface area contributed by atoms with Crippen LogP contribution in [-0.4, -0.2) is 59.6 Å². The minimum atomic E-state index is -0.117. The molecule has 3 heterocycles. The van der Waals surface area contributed by atoms with Gasteiger partial charge in [-0.2, -0.15) is 0 Å². The smallest absolute Gasteiger partial charge is 0.244 e. The molecule has 2 aromatic heterocycles. The lowest BCUT2D eigenvalue weighted by Crippen LogP contribution is -2.38. The fourth-order valence-corrected chi connectivity index (χ4v) is 3.48. The lowest BCUT2D eigenvalue weighted by Gasteiger charge is -2.26. The summed E-state index contributed by atoms with van der Waals surface area (Å²) in [6.45, 7) is 5.21. The number of halogens is 1. The Bertz CT molecular complexity index is 691. The highest BCUT2D eigenvalue weighted by molar-refractivity contribution is 7.15. The zero-order chi connectivity index (χ0) is 16.1. The molecule has 3 rings (SSSR count). The summed E-state index contributed by atoms with van der Waals surface area (Å²) in [6, 6.07) is 0. The first-order chi connectivity index (χ1) is 11.2. The molecule has 0 saturated carbocycles. The number of amides is 1. The van der Waals surface area contributed by atoms with E-state index >= 15 is 0 Å². The summed E-state index contributed by atoms with van der Waals surface area (Å²) < 4.78 is 7.18. The van der Waals surface area contributed by atoms with Crippen LogP contribution in [0.2, 0.25) is 5.15 Å². The molecule has 0 unspecified atom stereocenters. The molecule has 23 heavy (non-hydrogen) atoms. The molecule has 0 atom stereocenters. The first-order valence-electron chi connectivity index (χ1n) is 7.61. The second-order valence-electron chi connectivity index (χ2n) is 5.28. The average molecular weight is 355 g/mol. The van der Waals surface area contributed by atoms with Crippen LogP contribution in [0.25, 0.3) is 11.0 Å². The molecule has 0 radical (unpaired) electrons. The van der Waals surface area contributed by atoms with Gasteiger partial charge in [0.2, 0.25) is 5.91 Å². The molecule has 1 amide bonds. The predicted molar refractivity (Wildman–Crippen MR) is 92.0 cm³/mol. The van der Waals surface area contributed by atoms with E-state index in [-0.39, 0.29) is 5.91 Å². The number of hydrogen-bond donors (Lipinski definition) is 1. The first kappa shape index (κ1) is 16.4. The van der Waals surface area contributed by atoms with E-state index in [1.54, 1.807) is 6.08 Å². The van der Waals surface area contributed by atoms with Gasteiger partial charge >= 0.3 is 0 Å². The highest BCUT2D eigenvalue weighted by Crippen LogP contribution is 2.22. The summed E-state index contributed by atoms with van der Waals surface area (Å²) in [4.78, 5) is 19.3. The summed E-state index contributed by atoms with van der Waals surface area (Å²) in [6.07, 6.45) is 6.02. The van der Waals surface area contributed by atoms with Crippen molar-refractivity contribution in [2.24, 2.45) is 0 Å². The lowest BCUT2D eigenvalue weighted by molar-refractivity contribution is -0.116. The summed E-state index contributed by atoms with van der Waals surface area (Å²) >= 11 is 7.59. The molecule has 8 heteroatoms. The number of imidazole rings is 1. The topological polar surface area (TPSA) is 58.9 Å². The minimum absolute atomic E-state index is 0.117. The number of rotatable bonds is 6. The van der Waals surface area contributed by atoms with Crippen LogP contribution in [0.15, 0.2) is 17.7 Å². The molecule has 0 aromatic carbocycles. The zero-order valence-electron chi connectivity index (χ0n) is 12.7. The SMILES string of the molecule is O=C(C=Cc1c(Cl)nc2sccn12)NCCCN1CCOCC1. The van der Waals surface area contributed by atoms with Crippen molar-refractivity contribution in [1.29, 1.82) is 0 Å². The van der Waals surface area contributed by atoms with Gasteiger partial charge in [-0.1, -0.05) is 11.6 Å². The maximum atomic E-state index is 11.9. The van der Waals surface area contributed by atoms with Crippen LogP contribution >= 0.6 is 22.9 Å². The van der Waals surface area contributed by atoms with Gasteiger partial charge in [0.15, 0.2) is 10.1 Å². The van der Waals surface area contributed by atoms with Crippen molar-refractivity contribution < 1.29 is 9.53 Å². The van der Waals surface area contributed by atoms with Gasteiger partial charge in [-0.05, 0) is 19.0 Å². The largest absolute Gasteiger partial charge is 0.379 e. The number of fused-ring (bicyclic) bond motifs is 1. The van der Waals surface area contributed by atoms with Crippen molar-refractivity contribution in [2.75, 3.05) is 39.4 Å². The Balaban J connectivity index is 1.43. The Labute approximate surface area is 143 Å². The van der Waals surface area contributed by atoms with E-state index < -0.39 is 0 Å². The second-order valence-corrected chi connectivity index (χ2v) is 6.51. The highest BCUT2D eigenvalue weighted by atomic mass is 35.5. The predicted octanol–water partition coefficient (Wildman–Crippen LogP) is 1.90. The van der Waals surface area contributed by atoms with Gasteiger partial charge in [0.05, 0.1) is 18.9 Å². The van der Waals surface area contributed by atoms with E-state index in [4.69, 9.17) is 16.3 Å². The number of aromatic nitrogens is 2. The van der Waals surface area contributed by atoms with E-state index in [1.807, 2.05) is 16.0 Å². The van der Waals surface area contributed by atoms with E-state index in [9.17, 15) is 4.79 Å². The van der Waals surface area contributed by atoms with E-state index in [1.165, 1.54) is 17.4 Å². The van der Waals surface area contributed by atoms with Crippen molar-refractivity contribution >= 4 is 39.9 Å². The van der Waals surface area contributed by atoms with Gasteiger partial charge < -0.3 is 10.1 Å². The van der Waals surface area contributed by atoms with Gasteiger partial charge in [0.25, 0.3) is 0 Å². The molecule has 1 saturated heterocycles. The Kier molecular flexibility index (Phi) is 5.66. The molecule has 1 fully saturated rings. The summed E-state index contributed by atoms with van der Waals surface area (Å²) in [5.74, 6) is -0.117. The maximum Gasteiger partial charge on any atom is 0.244 e. The molecule has 124 valence electrons. The number of nitrogens with zero attached hydrogens (tertiary/aromatic N) is 3. The number of thiazole rings is 1. The van der Waals surface area contributed by atoms with Crippen LogP contribution in [0.3, 0.4) is 0 Å². The van der Waals surface area contributed by atoms with Crippen molar-refractivity contribution in [1.82, 2.24) is 19.6 Å². The molecule has 0 bridgehead atoms. The molecular weight excluding hydrogens is 336 g/mol. The van der Waals surface area contributed by atoms with Gasteiger partial charge in [0.1, 0.15) is 0 Å². The van der Waals surface area contributed by atoms with E-state index in [2.05, 4.69) is 15.2 Å². The first-order valence-corrected chi connectivity index (χ1v) is 8.87. The normalized spacial score (nSPS) is 16.4. The van der Waals surface area contributed by atoms with Crippen LogP contribution in [0.1, 0.15) is 12.1 Å². The van der Waals surface area contributed by atoms with Crippen LogP contribution in [0.4, 0.5) is 0 Å². The van der Waals surface area contributed by atoms with E-state index in [0.29, 0.717) is 11.7 Å². The van der Waals surface area contributed by atoms with Gasteiger partial charge in [-0.25, -0.2) is 4.98 Å². The molecule has 0 aliphatic carbocycles. The molecule has 1 N–H and O–H groups in total. The standard InChI is InChI=1S/C15H19ClN4O2S/c16-14-12(20-8-11-23-15(20)18-14)2-3-13(21)17-4-1-5-19-6-9-22-10-7-19/h2-3,8,11H,1,4-7,9-10H2,(H,17,21). The fourth-order valence-electron chi connectivity index (χ4n) is 2.48. The van der Waals surface area contributed by atoms with Crippen LogP contribution in [-0.2, 0) is 9.53 Å². The Morgan fingerprint density at radius 1 is 1.48 bits per heavy atom. The molecule has 1 aliphatic heterocycles. The van der Waals surface area contributed by atoms with Gasteiger partial charge in [-0.3, -0.25) is 14.1 Å². The molecule has 0 spiro atoms. The number of nitrogens with one attached hydrogen (secondary N) is 1. The summed E-state index contributed by atoms with van der Waals surface area (Å²) in [5, 5.41) is 5.23. The Morgan fingerprint density at radius 2 is 2.30 bits per heavy atom. The molecule has 2 aromatic rings. The van der Waals surface area contributed by atoms with Gasteiger partial charge in [-0.15, -0.1) is 11.3 Å². The van der Waals surface area contributed by atoms with Crippen LogP contribution < -0.4 is 5.32 Å². The number of morpholine rings is 1. The average Bonchev–Trinajstić information content (AvgIpc) is 3.11. The number of carbonyl (C=O) groups excluding carboxylic acids is 1. The third-order valence-electron chi connectivity index (χ3n) is 3.70. The maximum absolute atomic E-state index is 11.9. The number of ether oxygens (including phenoxy) is 1. The number of hydrogen-bond acceptors (Lipinski definition) is 5. The zero-order valence-corrected chi connectivity index (χ0v) is 14.3. The minimum Gasteiger partial charge on any atom is -0.379 e. The molecule has 6 nitrogen and oxygen atoms in total. The van der Waals surface area contributed by atoms with Crippen molar-refractivity contribution in [3.8, 4) is 0 Å². The Hall–Kier alpha value is -1.41. The monoisotopic (exact) mass is 354 g/mol.